The molecule has 9 nitrogen and oxygen atoms in total. The van der Waals surface area contributed by atoms with Crippen LogP contribution in [0.1, 0.15) is 11.1 Å². The van der Waals surface area contributed by atoms with E-state index < -0.39 is 0 Å². The summed E-state index contributed by atoms with van der Waals surface area (Å²) in [7, 11) is 4.27. The van der Waals surface area contributed by atoms with E-state index in [0.29, 0.717) is 51.1 Å². The maximum absolute atomic E-state index is 6.15. The van der Waals surface area contributed by atoms with E-state index in [0.717, 1.165) is 67.2 Å². The van der Waals surface area contributed by atoms with E-state index in [1.165, 1.54) is 0 Å². The molecule has 0 aliphatic carbocycles. The highest BCUT2D eigenvalue weighted by atomic mass is 32.2. The van der Waals surface area contributed by atoms with Crippen molar-refractivity contribution in [3.63, 3.8) is 0 Å². The monoisotopic (exact) mass is 876 g/mol. The number of hydrogen-bond acceptors (Lipinski definition) is 9. The Bertz CT molecular complexity index is 2220. The lowest BCUT2D eigenvalue weighted by molar-refractivity contribution is 0.0205. The Morgan fingerprint density at radius 1 is 0.413 bits per heavy atom. The van der Waals surface area contributed by atoms with Crippen molar-refractivity contribution >= 4 is 68.0 Å². The number of thioether (sulfide) groups is 2. The van der Waals surface area contributed by atoms with Gasteiger partial charge in [-0.15, -0.1) is 0 Å². The molecule has 63 heavy (non-hydrogen) atoms. The Balaban J connectivity index is 1.63. The zero-order chi connectivity index (χ0) is 43.6. The molecule has 0 N–H and O–H groups in total. The SMILES string of the molecule is Cc1ccc(N2C(=Nc3ccccc3)SCCOCCOCCOCCSC(=Nc3ccccc3)N(c3ccc(C)cc3)/C(N(C)c3ccccc3)=C\2N(C)c2ccccc2)cc1. The van der Waals surface area contributed by atoms with E-state index in [2.05, 4.69) is 157 Å². The fraction of sp³-hybridized carbons (Fsp3) is 0.231. The van der Waals surface area contributed by atoms with Gasteiger partial charge >= 0.3 is 0 Å². The number of aliphatic imine (C=N–C) groups is 2. The minimum absolute atomic E-state index is 0.488. The summed E-state index contributed by atoms with van der Waals surface area (Å²) in [6, 6.07) is 58.7. The molecular formula is C52H56N6O3S2. The molecule has 0 spiro atoms. The van der Waals surface area contributed by atoms with E-state index >= 15 is 0 Å². The van der Waals surface area contributed by atoms with Crippen LogP contribution in [0.25, 0.3) is 0 Å². The van der Waals surface area contributed by atoms with Crippen molar-refractivity contribution in [2.75, 3.05) is 84.8 Å². The second kappa shape index (κ2) is 23.6. The Hall–Kier alpha value is -5.82. The number of anilines is 4. The standard InChI is InChI=1S/C52H56N6O3S2/c1-41-25-29-47(30-26-41)57-49(55(3)45-21-13-7-14-22-45)50(56(4)46-23-15-8-16-24-46)58(48-31-27-42(2)28-32-48)52(54-44-19-11-6-12-20-44)63-40-38-61-36-34-59-33-35-60-37-39-62-51(57)53-43-17-9-5-10-18-43/h5-32H,33-40H2,1-4H3/b50-49-,53-51?,54-52?. The van der Waals surface area contributed by atoms with Gasteiger partial charge in [0.25, 0.3) is 0 Å². The highest BCUT2D eigenvalue weighted by Gasteiger charge is 2.35. The van der Waals surface area contributed by atoms with Gasteiger partial charge in [-0.3, -0.25) is 9.80 Å². The number of amidine groups is 2. The van der Waals surface area contributed by atoms with Crippen molar-refractivity contribution in [1.29, 1.82) is 0 Å². The predicted octanol–water partition coefficient (Wildman–Crippen LogP) is 11.9. The summed E-state index contributed by atoms with van der Waals surface area (Å²) in [4.78, 5) is 20.1. The maximum Gasteiger partial charge on any atom is 0.174 e. The third kappa shape index (κ3) is 12.6. The third-order valence-corrected chi connectivity index (χ3v) is 11.9. The maximum atomic E-state index is 6.15. The van der Waals surface area contributed by atoms with E-state index in [-0.39, 0.29) is 0 Å². The molecule has 7 rings (SSSR count). The van der Waals surface area contributed by atoms with Gasteiger partial charge in [-0.1, -0.05) is 132 Å². The van der Waals surface area contributed by atoms with Gasteiger partial charge in [-0.25, -0.2) is 9.98 Å². The van der Waals surface area contributed by atoms with Crippen molar-refractivity contribution in [2.24, 2.45) is 9.98 Å². The molecule has 0 amide bonds. The first-order valence-electron chi connectivity index (χ1n) is 21.3. The topological polar surface area (TPSA) is 65.4 Å². The summed E-state index contributed by atoms with van der Waals surface area (Å²) in [6.07, 6.45) is 0. The summed E-state index contributed by atoms with van der Waals surface area (Å²) in [5.74, 6) is 2.95. The van der Waals surface area contributed by atoms with Crippen LogP contribution in [0.4, 0.5) is 34.1 Å². The average molecular weight is 877 g/mol. The van der Waals surface area contributed by atoms with Crippen molar-refractivity contribution in [2.45, 2.75) is 13.8 Å². The lowest BCUT2D eigenvalue weighted by Crippen LogP contribution is -2.46. The third-order valence-electron chi connectivity index (χ3n) is 10.1. The van der Waals surface area contributed by atoms with Gasteiger partial charge in [-0.05, 0) is 86.6 Å². The zero-order valence-electron chi connectivity index (χ0n) is 36.5. The molecule has 1 heterocycles. The molecule has 0 fully saturated rings. The Morgan fingerprint density at radius 2 is 0.730 bits per heavy atom. The summed E-state index contributed by atoms with van der Waals surface area (Å²) in [5.41, 5.74) is 7.82. The second-order valence-electron chi connectivity index (χ2n) is 14.8. The van der Waals surface area contributed by atoms with Crippen LogP contribution in [0.15, 0.2) is 191 Å². The molecule has 6 aromatic rings. The van der Waals surface area contributed by atoms with Gasteiger partial charge in [0.05, 0.1) is 51.0 Å². The number of benzene rings is 6. The molecule has 0 aromatic heterocycles. The summed E-state index contributed by atoms with van der Waals surface area (Å²) < 4.78 is 18.2. The quantitative estimate of drug-likeness (QED) is 0.149. The van der Waals surface area contributed by atoms with Crippen molar-refractivity contribution in [3.8, 4) is 0 Å². The van der Waals surface area contributed by atoms with E-state index in [9.17, 15) is 0 Å². The smallest absolute Gasteiger partial charge is 0.174 e. The molecule has 6 aromatic carbocycles. The molecule has 0 unspecified atom stereocenters. The van der Waals surface area contributed by atoms with Gasteiger partial charge in [0.1, 0.15) is 0 Å². The van der Waals surface area contributed by atoms with Gasteiger partial charge in [0.15, 0.2) is 22.0 Å². The fourth-order valence-corrected chi connectivity index (χ4v) is 8.58. The number of nitrogens with zero attached hydrogens (tertiary/aromatic N) is 6. The fourth-order valence-electron chi connectivity index (χ4n) is 6.83. The molecule has 0 bridgehead atoms. The van der Waals surface area contributed by atoms with Crippen LogP contribution in [0.5, 0.6) is 0 Å². The molecule has 0 saturated carbocycles. The van der Waals surface area contributed by atoms with E-state index in [1.54, 1.807) is 23.5 Å². The molecule has 11 heteroatoms. The highest BCUT2D eigenvalue weighted by molar-refractivity contribution is 8.14. The minimum Gasteiger partial charge on any atom is -0.378 e. The molecule has 1 aliphatic rings. The Kier molecular flexibility index (Phi) is 16.9. The highest BCUT2D eigenvalue weighted by Crippen LogP contribution is 2.38. The number of rotatable bonds is 8. The first-order chi connectivity index (χ1) is 31.0. The second-order valence-corrected chi connectivity index (χ2v) is 16.9. The normalized spacial score (nSPS) is 17.8. The Labute approximate surface area is 381 Å². The zero-order valence-corrected chi connectivity index (χ0v) is 38.2. The molecule has 1 aliphatic heterocycles. The van der Waals surface area contributed by atoms with Crippen LogP contribution in [0.2, 0.25) is 0 Å². The molecule has 0 atom stereocenters. The minimum atomic E-state index is 0.488. The van der Waals surface area contributed by atoms with Gasteiger partial charge in [0, 0.05) is 48.4 Å². The number of para-hydroxylation sites is 4. The lowest BCUT2D eigenvalue weighted by atomic mass is 10.2. The first-order valence-corrected chi connectivity index (χ1v) is 23.2. The van der Waals surface area contributed by atoms with E-state index in [4.69, 9.17) is 24.2 Å². The van der Waals surface area contributed by atoms with Crippen molar-refractivity contribution in [1.82, 2.24) is 0 Å². The van der Waals surface area contributed by atoms with Crippen LogP contribution >= 0.6 is 23.5 Å². The van der Waals surface area contributed by atoms with Gasteiger partial charge < -0.3 is 24.0 Å². The number of aryl methyl sites for hydroxylation is 2. The predicted molar refractivity (Wildman–Crippen MR) is 268 cm³/mol. The first kappa shape index (κ1) is 45.2. The van der Waals surface area contributed by atoms with Crippen LogP contribution in [0.3, 0.4) is 0 Å². The largest absolute Gasteiger partial charge is 0.378 e. The van der Waals surface area contributed by atoms with Crippen LogP contribution < -0.4 is 19.6 Å². The van der Waals surface area contributed by atoms with Crippen molar-refractivity contribution in [3.05, 3.63) is 193 Å². The Morgan fingerprint density at radius 3 is 1.08 bits per heavy atom. The summed E-state index contributed by atoms with van der Waals surface area (Å²) in [5, 5.41) is 1.54. The van der Waals surface area contributed by atoms with Crippen LogP contribution in [-0.4, -0.2) is 75.6 Å². The van der Waals surface area contributed by atoms with Crippen LogP contribution in [0, 0.1) is 13.8 Å². The summed E-state index contributed by atoms with van der Waals surface area (Å²) in [6.45, 7) is 7.21. The number of ether oxygens (including phenoxy) is 3. The van der Waals surface area contributed by atoms with E-state index in [1.807, 2.05) is 60.7 Å². The number of hydrogen-bond donors (Lipinski definition) is 0. The molecular weight excluding hydrogens is 821 g/mol. The summed E-state index contributed by atoms with van der Waals surface area (Å²) >= 11 is 3.31. The molecule has 324 valence electrons. The van der Waals surface area contributed by atoms with Gasteiger partial charge in [0.2, 0.25) is 0 Å². The lowest BCUT2D eigenvalue weighted by Gasteiger charge is -2.42. The van der Waals surface area contributed by atoms with Crippen LogP contribution in [-0.2, 0) is 14.2 Å². The van der Waals surface area contributed by atoms with Gasteiger partial charge in [-0.2, -0.15) is 0 Å². The molecule has 0 radical (unpaired) electrons. The molecule has 0 saturated heterocycles. The average Bonchev–Trinajstić information content (AvgIpc) is 3.32. The van der Waals surface area contributed by atoms with Crippen molar-refractivity contribution < 1.29 is 14.2 Å².